The molecule has 0 N–H and O–H groups in total. The molecule has 2 aromatic rings. The lowest BCUT2D eigenvalue weighted by atomic mass is 9.92. The summed E-state index contributed by atoms with van der Waals surface area (Å²) in [6.45, 7) is 7.89. The van der Waals surface area contributed by atoms with Gasteiger partial charge in [0.2, 0.25) is 5.95 Å². The Hall–Kier alpha value is -1.82. The summed E-state index contributed by atoms with van der Waals surface area (Å²) in [6, 6.07) is 10.2. The molecule has 6 heteroatoms. The fraction of sp³-hybridized carbons (Fsp3) is 0.526. The molecule has 1 saturated heterocycles. The number of ketones is 1. The second-order valence-electron chi connectivity index (χ2n) is 7.46. The van der Waals surface area contributed by atoms with Crippen LogP contribution in [-0.4, -0.2) is 39.4 Å². The quantitative estimate of drug-likeness (QED) is 0.757. The summed E-state index contributed by atoms with van der Waals surface area (Å²) < 4.78 is 2.09. The van der Waals surface area contributed by atoms with Gasteiger partial charge in [0, 0.05) is 18.5 Å². The molecule has 0 spiro atoms. The van der Waals surface area contributed by atoms with Gasteiger partial charge in [-0.05, 0) is 31.4 Å². The summed E-state index contributed by atoms with van der Waals surface area (Å²) >= 11 is 1.47. The standard InChI is InChI=1S/C19H26N4OS/c1-19(2,3)16(24)14-25-18-21-20-17(22-12-8-5-9-13-22)23(18)15-10-6-4-7-11-15/h4,6-7,10-11H,5,8-9,12-14H2,1-3H3. The van der Waals surface area contributed by atoms with E-state index in [1.807, 2.05) is 39.0 Å². The molecule has 0 amide bonds. The molecule has 5 nitrogen and oxygen atoms in total. The van der Waals surface area contributed by atoms with Crippen molar-refractivity contribution in [2.45, 2.75) is 45.2 Å². The van der Waals surface area contributed by atoms with Gasteiger partial charge in [-0.2, -0.15) is 0 Å². The number of nitrogens with zero attached hydrogens (tertiary/aromatic N) is 4. The molecule has 0 unspecified atom stereocenters. The van der Waals surface area contributed by atoms with Crippen LogP contribution in [0.5, 0.6) is 0 Å². The molecule has 0 aliphatic carbocycles. The predicted molar refractivity (Wildman–Crippen MR) is 103 cm³/mol. The lowest BCUT2D eigenvalue weighted by Crippen LogP contribution is -2.31. The van der Waals surface area contributed by atoms with Crippen molar-refractivity contribution in [1.82, 2.24) is 14.8 Å². The monoisotopic (exact) mass is 358 g/mol. The number of hydrogen-bond donors (Lipinski definition) is 0. The van der Waals surface area contributed by atoms with Crippen molar-refractivity contribution in [3.8, 4) is 5.69 Å². The number of rotatable bonds is 5. The first-order valence-corrected chi connectivity index (χ1v) is 9.87. The van der Waals surface area contributed by atoms with Gasteiger partial charge in [-0.25, -0.2) is 0 Å². The van der Waals surface area contributed by atoms with E-state index in [-0.39, 0.29) is 11.2 Å². The minimum Gasteiger partial charge on any atom is -0.341 e. The van der Waals surface area contributed by atoms with E-state index in [2.05, 4.69) is 31.8 Å². The molecule has 1 aliphatic heterocycles. The highest BCUT2D eigenvalue weighted by Crippen LogP contribution is 2.29. The summed E-state index contributed by atoms with van der Waals surface area (Å²) in [7, 11) is 0. The van der Waals surface area contributed by atoms with Gasteiger partial charge in [0.05, 0.1) is 11.4 Å². The molecule has 134 valence electrons. The lowest BCUT2D eigenvalue weighted by Gasteiger charge is -2.27. The Balaban J connectivity index is 1.90. The van der Waals surface area contributed by atoms with Crippen molar-refractivity contribution in [3.63, 3.8) is 0 Å². The number of para-hydroxylation sites is 1. The molecular weight excluding hydrogens is 332 g/mol. The average molecular weight is 359 g/mol. The molecule has 0 bridgehead atoms. The number of carbonyl (C=O) groups is 1. The van der Waals surface area contributed by atoms with E-state index >= 15 is 0 Å². The summed E-state index contributed by atoms with van der Waals surface area (Å²) in [5, 5.41) is 9.65. The lowest BCUT2D eigenvalue weighted by molar-refractivity contribution is -0.123. The molecule has 1 aromatic heterocycles. The summed E-state index contributed by atoms with van der Waals surface area (Å²) in [6.07, 6.45) is 3.65. The maximum Gasteiger partial charge on any atom is 0.232 e. The average Bonchev–Trinajstić information content (AvgIpc) is 3.04. The van der Waals surface area contributed by atoms with E-state index in [0.29, 0.717) is 5.75 Å². The number of anilines is 1. The zero-order valence-electron chi connectivity index (χ0n) is 15.2. The smallest absolute Gasteiger partial charge is 0.232 e. The zero-order chi connectivity index (χ0) is 17.9. The van der Waals surface area contributed by atoms with Gasteiger partial charge in [0.15, 0.2) is 5.16 Å². The Bertz CT molecular complexity index is 715. The second kappa shape index (κ2) is 7.60. The van der Waals surface area contributed by atoms with Crippen molar-refractivity contribution < 1.29 is 4.79 Å². The Morgan fingerprint density at radius 2 is 1.76 bits per heavy atom. The topological polar surface area (TPSA) is 51.0 Å². The minimum absolute atomic E-state index is 0.222. The molecule has 2 heterocycles. The van der Waals surface area contributed by atoms with Crippen LogP contribution >= 0.6 is 11.8 Å². The van der Waals surface area contributed by atoms with Crippen molar-refractivity contribution in [2.24, 2.45) is 5.41 Å². The van der Waals surface area contributed by atoms with Gasteiger partial charge in [-0.3, -0.25) is 9.36 Å². The molecule has 0 saturated carbocycles. The minimum atomic E-state index is -0.333. The van der Waals surface area contributed by atoms with Crippen LogP contribution in [0.2, 0.25) is 0 Å². The van der Waals surface area contributed by atoms with Crippen molar-refractivity contribution in [2.75, 3.05) is 23.7 Å². The highest BCUT2D eigenvalue weighted by molar-refractivity contribution is 7.99. The van der Waals surface area contributed by atoms with Gasteiger partial charge in [0.1, 0.15) is 5.78 Å². The third-order valence-corrected chi connectivity index (χ3v) is 5.37. The molecule has 1 aromatic carbocycles. The largest absolute Gasteiger partial charge is 0.341 e. The van der Waals surface area contributed by atoms with E-state index in [1.54, 1.807) is 0 Å². The number of piperidine rings is 1. The highest BCUT2D eigenvalue weighted by Gasteiger charge is 2.25. The molecule has 0 radical (unpaired) electrons. The van der Waals surface area contributed by atoms with Crippen LogP contribution in [0.25, 0.3) is 5.69 Å². The van der Waals surface area contributed by atoms with E-state index in [9.17, 15) is 4.79 Å². The van der Waals surface area contributed by atoms with E-state index < -0.39 is 0 Å². The van der Waals surface area contributed by atoms with Crippen molar-refractivity contribution in [3.05, 3.63) is 30.3 Å². The molecule has 3 rings (SSSR count). The Morgan fingerprint density at radius 3 is 2.40 bits per heavy atom. The van der Waals surface area contributed by atoms with E-state index in [0.717, 1.165) is 29.9 Å². The molecule has 1 aliphatic rings. The van der Waals surface area contributed by atoms with Gasteiger partial charge >= 0.3 is 0 Å². The molecule has 25 heavy (non-hydrogen) atoms. The number of carbonyl (C=O) groups excluding carboxylic acids is 1. The van der Waals surface area contributed by atoms with Crippen LogP contribution in [0, 0.1) is 5.41 Å². The Morgan fingerprint density at radius 1 is 1.08 bits per heavy atom. The first-order chi connectivity index (χ1) is 12.0. The number of thioether (sulfide) groups is 1. The summed E-state index contributed by atoms with van der Waals surface area (Å²) in [5.41, 5.74) is 0.708. The predicted octanol–water partition coefficient (Wildman–Crippen LogP) is 3.96. The van der Waals surface area contributed by atoms with Crippen LogP contribution in [0.3, 0.4) is 0 Å². The SMILES string of the molecule is CC(C)(C)C(=O)CSc1nnc(N2CCCCC2)n1-c1ccccc1. The first kappa shape index (κ1) is 18.0. The fourth-order valence-electron chi connectivity index (χ4n) is 2.80. The third-order valence-electron chi connectivity index (χ3n) is 4.44. The van der Waals surface area contributed by atoms with E-state index in [4.69, 9.17) is 0 Å². The van der Waals surface area contributed by atoms with Gasteiger partial charge in [0.25, 0.3) is 0 Å². The summed E-state index contributed by atoms with van der Waals surface area (Å²) in [4.78, 5) is 14.6. The molecular formula is C19H26N4OS. The van der Waals surface area contributed by atoms with Crippen LogP contribution < -0.4 is 4.90 Å². The maximum atomic E-state index is 12.3. The first-order valence-electron chi connectivity index (χ1n) is 8.89. The summed E-state index contributed by atoms with van der Waals surface area (Å²) in [5.74, 6) is 1.52. The van der Waals surface area contributed by atoms with Crippen molar-refractivity contribution >= 4 is 23.5 Å². The number of aromatic nitrogens is 3. The van der Waals surface area contributed by atoms with Crippen LogP contribution in [0.1, 0.15) is 40.0 Å². The molecule has 0 atom stereocenters. The van der Waals surface area contributed by atoms with E-state index in [1.165, 1.54) is 31.0 Å². The van der Waals surface area contributed by atoms with Crippen molar-refractivity contribution in [1.29, 1.82) is 0 Å². The number of Topliss-reactive ketones (excluding diaryl/α,β-unsaturated/α-hetero) is 1. The van der Waals surface area contributed by atoms with Crippen LogP contribution in [-0.2, 0) is 4.79 Å². The highest BCUT2D eigenvalue weighted by atomic mass is 32.2. The van der Waals surface area contributed by atoms with Gasteiger partial charge in [-0.15, -0.1) is 10.2 Å². The van der Waals surface area contributed by atoms with Gasteiger partial charge < -0.3 is 4.90 Å². The molecule has 1 fully saturated rings. The van der Waals surface area contributed by atoms with Crippen LogP contribution in [0.15, 0.2) is 35.5 Å². The van der Waals surface area contributed by atoms with Gasteiger partial charge in [-0.1, -0.05) is 50.7 Å². The number of benzene rings is 1. The zero-order valence-corrected chi connectivity index (χ0v) is 16.1. The third kappa shape index (κ3) is 4.24. The Kier molecular flexibility index (Phi) is 5.47. The van der Waals surface area contributed by atoms with Crippen LogP contribution in [0.4, 0.5) is 5.95 Å². The fourth-order valence-corrected chi connectivity index (χ4v) is 3.91. The normalized spacial score (nSPS) is 15.4. The number of hydrogen-bond acceptors (Lipinski definition) is 5. The Labute approximate surface area is 153 Å². The maximum absolute atomic E-state index is 12.3. The second-order valence-corrected chi connectivity index (χ2v) is 8.41.